The highest BCUT2D eigenvalue weighted by atomic mass is 35.5. The molecule has 1 aliphatic rings. The maximum absolute atomic E-state index is 8.90. The van der Waals surface area contributed by atoms with E-state index in [9.17, 15) is 0 Å². The zero-order valence-electron chi connectivity index (χ0n) is 8.49. The fraction of sp³-hybridized carbons (Fsp3) is 0.417. The van der Waals surface area contributed by atoms with Crippen LogP contribution < -0.4 is 0 Å². The summed E-state index contributed by atoms with van der Waals surface area (Å²) in [5.41, 5.74) is 1.27. The first-order valence-corrected chi connectivity index (χ1v) is 5.46. The van der Waals surface area contributed by atoms with Crippen LogP contribution in [0.5, 0.6) is 0 Å². The quantitative estimate of drug-likeness (QED) is 0.716. The Hall–Kier alpha value is -1.04. The monoisotopic (exact) mass is 220 g/mol. The summed E-state index contributed by atoms with van der Waals surface area (Å²) >= 11 is 6.11. The topological polar surface area (TPSA) is 27.0 Å². The molecule has 0 radical (unpaired) electrons. The predicted molar refractivity (Wildman–Crippen MR) is 60.5 cm³/mol. The number of halogens is 1. The molecule has 0 aromatic heterocycles. The van der Waals surface area contributed by atoms with E-state index in [1.807, 2.05) is 18.2 Å². The van der Waals surface area contributed by atoms with E-state index in [0.717, 1.165) is 19.5 Å². The number of hydrogen-bond donors (Lipinski definition) is 0. The summed E-state index contributed by atoms with van der Waals surface area (Å²) in [6, 6.07) is 12.4. The zero-order valence-corrected chi connectivity index (χ0v) is 9.24. The van der Waals surface area contributed by atoms with E-state index in [4.69, 9.17) is 16.9 Å². The number of alkyl halides is 1. The van der Waals surface area contributed by atoms with E-state index in [2.05, 4.69) is 23.1 Å². The van der Waals surface area contributed by atoms with Gasteiger partial charge < -0.3 is 0 Å². The molecular formula is C12H13ClN2. The molecule has 15 heavy (non-hydrogen) atoms. The van der Waals surface area contributed by atoms with Crippen molar-refractivity contribution in [2.45, 2.75) is 17.8 Å². The van der Waals surface area contributed by atoms with Crippen molar-refractivity contribution >= 4 is 11.6 Å². The van der Waals surface area contributed by atoms with Gasteiger partial charge in [-0.15, -0.1) is 11.6 Å². The average Bonchev–Trinajstić information content (AvgIpc) is 2.63. The van der Waals surface area contributed by atoms with Crippen molar-refractivity contribution in [3.63, 3.8) is 0 Å². The molecule has 0 aliphatic carbocycles. The van der Waals surface area contributed by atoms with Crippen LogP contribution in [0.1, 0.15) is 12.0 Å². The standard InChI is InChI=1S/C12H13ClN2/c13-12(9-14)6-7-15(10-12)8-11-4-2-1-3-5-11/h1-5H,6-8,10H2. The van der Waals surface area contributed by atoms with Crippen molar-refractivity contribution in [2.75, 3.05) is 13.1 Å². The SMILES string of the molecule is N#CC1(Cl)CCN(Cc2ccccc2)C1. The molecule has 0 N–H and O–H groups in total. The molecule has 1 saturated heterocycles. The molecule has 1 aromatic rings. The lowest BCUT2D eigenvalue weighted by Crippen LogP contribution is -2.26. The Morgan fingerprint density at radius 3 is 2.73 bits per heavy atom. The summed E-state index contributed by atoms with van der Waals surface area (Å²) in [5.74, 6) is 0. The minimum absolute atomic E-state index is 0.658. The van der Waals surface area contributed by atoms with Gasteiger partial charge in [0.1, 0.15) is 4.87 Å². The Kier molecular flexibility index (Phi) is 2.95. The van der Waals surface area contributed by atoms with Crippen molar-refractivity contribution in [3.05, 3.63) is 35.9 Å². The lowest BCUT2D eigenvalue weighted by atomic mass is 10.1. The third kappa shape index (κ3) is 2.50. The van der Waals surface area contributed by atoms with Gasteiger partial charge in [0, 0.05) is 19.6 Å². The normalized spacial score (nSPS) is 26.4. The van der Waals surface area contributed by atoms with Gasteiger partial charge >= 0.3 is 0 Å². The molecule has 2 nitrogen and oxygen atoms in total. The van der Waals surface area contributed by atoms with Gasteiger partial charge in [0.15, 0.2) is 0 Å². The molecule has 1 aromatic carbocycles. The van der Waals surface area contributed by atoms with Gasteiger partial charge in [-0.1, -0.05) is 30.3 Å². The minimum Gasteiger partial charge on any atom is -0.296 e. The van der Waals surface area contributed by atoms with Crippen molar-refractivity contribution < 1.29 is 0 Å². The van der Waals surface area contributed by atoms with Crippen LogP contribution in [0.15, 0.2) is 30.3 Å². The first kappa shape index (κ1) is 10.5. The van der Waals surface area contributed by atoms with E-state index in [1.165, 1.54) is 5.56 Å². The summed E-state index contributed by atoms with van der Waals surface area (Å²) in [6.45, 7) is 2.46. The van der Waals surface area contributed by atoms with Gasteiger partial charge in [0.05, 0.1) is 6.07 Å². The van der Waals surface area contributed by atoms with E-state index in [0.29, 0.717) is 6.54 Å². The summed E-state index contributed by atoms with van der Waals surface area (Å²) < 4.78 is 0. The van der Waals surface area contributed by atoms with Crippen LogP contribution in [-0.2, 0) is 6.54 Å². The molecule has 2 rings (SSSR count). The Labute approximate surface area is 95.1 Å². The van der Waals surface area contributed by atoms with Crippen LogP contribution in [0.25, 0.3) is 0 Å². The van der Waals surface area contributed by atoms with Gasteiger partial charge in [0.2, 0.25) is 0 Å². The lowest BCUT2D eigenvalue weighted by molar-refractivity contribution is 0.327. The molecular weight excluding hydrogens is 208 g/mol. The molecule has 0 spiro atoms. The number of rotatable bonds is 2. The third-order valence-electron chi connectivity index (χ3n) is 2.75. The second-order valence-corrected chi connectivity index (χ2v) is 4.75. The molecule has 1 unspecified atom stereocenters. The van der Waals surface area contributed by atoms with Gasteiger partial charge in [-0.25, -0.2) is 0 Å². The van der Waals surface area contributed by atoms with Crippen molar-refractivity contribution in [2.24, 2.45) is 0 Å². The van der Waals surface area contributed by atoms with Gasteiger partial charge in [-0.3, -0.25) is 4.90 Å². The smallest absolute Gasteiger partial charge is 0.144 e. The number of benzene rings is 1. The maximum atomic E-state index is 8.90. The molecule has 3 heteroatoms. The fourth-order valence-corrected chi connectivity index (χ4v) is 2.17. The molecule has 1 atom stereocenters. The van der Waals surface area contributed by atoms with Crippen LogP contribution >= 0.6 is 11.6 Å². The summed E-state index contributed by atoms with van der Waals surface area (Å²) in [4.78, 5) is 1.57. The lowest BCUT2D eigenvalue weighted by Gasteiger charge is -2.16. The second kappa shape index (κ2) is 4.22. The van der Waals surface area contributed by atoms with Gasteiger partial charge in [-0.2, -0.15) is 5.26 Å². The van der Waals surface area contributed by atoms with Gasteiger partial charge in [0.25, 0.3) is 0 Å². The highest BCUT2D eigenvalue weighted by Crippen LogP contribution is 2.28. The predicted octanol–water partition coefficient (Wildman–Crippen LogP) is 2.39. The van der Waals surface area contributed by atoms with E-state index in [1.54, 1.807) is 0 Å². The second-order valence-electron chi connectivity index (χ2n) is 4.02. The van der Waals surface area contributed by atoms with Crippen LogP contribution in [0.2, 0.25) is 0 Å². The van der Waals surface area contributed by atoms with Crippen LogP contribution in [0.4, 0.5) is 0 Å². The van der Waals surface area contributed by atoms with Crippen molar-refractivity contribution in [3.8, 4) is 6.07 Å². The van der Waals surface area contributed by atoms with Crippen LogP contribution in [0, 0.1) is 11.3 Å². The molecule has 0 saturated carbocycles. The van der Waals surface area contributed by atoms with E-state index < -0.39 is 4.87 Å². The first-order valence-electron chi connectivity index (χ1n) is 5.08. The van der Waals surface area contributed by atoms with Crippen LogP contribution in [0.3, 0.4) is 0 Å². The average molecular weight is 221 g/mol. The summed E-state index contributed by atoms with van der Waals surface area (Å²) in [7, 11) is 0. The summed E-state index contributed by atoms with van der Waals surface area (Å²) in [5, 5.41) is 8.90. The number of likely N-dealkylation sites (tertiary alicyclic amines) is 1. The largest absolute Gasteiger partial charge is 0.296 e. The molecule has 78 valence electrons. The van der Waals surface area contributed by atoms with E-state index in [-0.39, 0.29) is 0 Å². The maximum Gasteiger partial charge on any atom is 0.144 e. The van der Waals surface area contributed by atoms with Crippen LogP contribution in [-0.4, -0.2) is 22.9 Å². The Bertz CT molecular complexity index is 371. The van der Waals surface area contributed by atoms with Crippen molar-refractivity contribution in [1.29, 1.82) is 5.26 Å². The number of nitrogens with zero attached hydrogens (tertiary/aromatic N) is 2. The fourth-order valence-electron chi connectivity index (χ4n) is 1.92. The minimum atomic E-state index is -0.658. The molecule has 1 heterocycles. The Balaban J connectivity index is 1.97. The van der Waals surface area contributed by atoms with Gasteiger partial charge in [-0.05, 0) is 12.0 Å². The molecule has 1 fully saturated rings. The van der Waals surface area contributed by atoms with Crippen molar-refractivity contribution in [1.82, 2.24) is 4.90 Å². The molecule has 0 bridgehead atoms. The highest BCUT2D eigenvalue weighted by Gasteiger charge is 2.36. The molecule has 1 aliphatic heterocycles. The first-order chi connectivity index (χ1) is 7.22. The number of nitriles is 1. The third-order valence-corrected chi connectivity index (χ3v) is 3.14. The number of hydrogen-bond acceptors (Lipinski definition) is 2. The highest BCUT2D eigenvalue weighted by molar-refractivity contribution is 6.26. The summed E-state index contributed by atoms with van der Waals surface area (Å²) in [6.07, 6.45) is 0.762. The Morgan fingerprint density at radius 1 is 1.40 bits per heavy atom. The molecule has 0 amide bonds. The zero-order chi connectivity index (χ0) is 10.7. The Morgan fingerprint density at radius 2 is 2.13 bits per heavy atom. The van der Waals surface area contributed by atoms with E-state index >= 15 is 0 Å².